The van der Waals surface area contributed by atoms with Gasteiger partial charge in [0.15, 0.2) is 10.8 Å². The number of carbonyl (C=O) groups excluding carboxylic acids is 2. The van der Waals surface area contributed by atoms with Gasteiger partial charge in [-0.3, -0.25) is 19.0 Å². The molecule has 0 spiro atoms. The molecule has 3 aromatic rings. The minimum Gasteiger partial charge on any atom is -0.494 e. The fourth-order valence-electron chi connectivity index (χ4n) is 3.78. The second kappa shape index (κ2) is 9.99. The van der Waals surface area contributed by atoms with Gasteiger partial charge in [0.05, 0.1) is 6.61 Å². The van der Waals surface area contributed by atoms with E-state index in [2.05, 4.69) is 25.5 Å². The number of ether oxygens (including phenoxy) is 1. The molecule has 1 saturated heterocycles. The van der Waals surface area contributed by atoms with Crippen molar-refractivity contribution in [1.82, 2.24) is 19.9 Å². The maximum absolute atomic E-state index is 12.9. The zero-order chi connectivity index (χ0) is 23.4. The molecule has 0 radical (unpaired) electrons. The number of piperidine rings is 1. The number of thiazole rings is 1. The van der Waals surface area contributed by atoms with Crippen LogP contribution in [0.5, 0.6) is 5.75 Å². The van der Waals surface area contributed by atoms with E-state index in [-0.39, 0.29) is 29.8 Å². The lowest BCUT2D eigenvalue weighted by atomic mass is 9.96. The van der Waals surface area contributed by atoms with Crippen molar-refractivity contribution in [2.45, 2.75) is 26.3 Å². The summed E-state index contributed by atoms with van der Waals surface area (Å²) >= 11 is 1.27. The van der Waals surface area contributed by atoms with Crippen molar-refractivity contribution in [3.05, 3.63) is 40.9 Å². The number of aromatic nitrogens is 3. The van der Waals surface area contributed by atoms with Crippen LogP contribution in [0.15, 0.2) is 35.4 Å². The fourth-order valence-corrected chi connectivity index (χ4v) is 4.80. The number of rotatable bonds is 7. The van der Waals surface area contributed by atoms with Crippen molar-refractivity contribution in [3.8, 4) is 5.75 Å². The molecule has 10 nitrogen and oxygen atoms in total. The first kappa shape index (κ1) is 22.7. The van der Waals surface area contributed by atoms with E-state index >= 15 is 0 Å². The van der Waals surface area contributed by atoms with Gasteiger partial charge in [0, 0.05) is 31.7 Å². The van der Waals surface area contributed by atoms with Crippen LogP contribution < -0.4 is 25.8 Å². The standard InChI is InChI=1S/C22H26N6O4S/c1-3-32-16-6-4-15(5-7-16)25-17(29)12-28-13-24-19-18(21(28)31)33-22(26-19)27-10-8-14(9-11-27)20(30)23-2/h4-7,13-14H,3,8-12H2,1-2H3,(H,23,30)(H,25,29). The van der Waals surface area contributed by atoms with Gasteiger partial charge in [0.1, 0.15) is 23.3 Å². The molecule has 3 heterocycles. The Morgan fingerprint density at radius 3 is 2.61 bits per heavy atom. The maximum atomic E-state index is 12.9. The summed E-state index contributed by atoms with van der Waals surface area (Å²) in [7, 11) is 1.65. The van der Waals surface area contributed by atoms with Gasteiger partial charge in [-0.2, -0.15) is 4.98 Å². The van der Waals surface area contributed by atoms with E-state index in [0.717, 1.165) is 18.6 Å². The Bertz CT molecular complexity index is 1200. The molecule has 174 valence electrons. The van der Waals surface area contributed by atoms with Crippen molar-refractivity contribution >= 4 is 44.3 Å². The second-order valence-corrected chi connectivity index (χ2v) is 8.69. The van der Waals surface area contributed by atoms with Crippen molar-refractivity contribution in [1.29, 1.82) is 0 Å². The lowest BCUT2D eigenvalue weighted by Crippen LogP contribution is -2.39. The zero-order valence-electron chi connectivity index (χ0n) is 18.5. The minimum absolute atomic E-state index is 0.00451. The molecule has 4 rings (SSSR count). The van der Waals surface area contributed by atoms with Gasteiger partial charge in [-0.1, -0.05) is 11.3 Å². The number of amides is 2. The molecule has 1 aliphatic rings. The molecule has 33 heavy (non-hydrogen) atoms. The van der Waals surface area contributed by atoms with E-state index in [4.69, 9.17) is 4.74 Å². The van der Waals surface area contributed by atoms with Crippen LogP contribution in [-0.4, -0.2) is 53.1 Å². The molecule has 0 unspecified atom stereocenters. The number of carbonyl (C=O) groups is 2. The Morgan fingerprint density at radius 2 is 1.94 bits per heavy atom. The Morgan fingerprint density at radius 1 is 1.21 bits per heavy atom. The van der Waals surface area contributed by atoms with Crippen LogP contribution in [0.3, 0.4) is 0 Å². The number of hydrogen-bond donors (Lipinski definition) is 2. The summed E-state index contributed by atoms with van der Waals surface area (Å²) in [4.78, 5) is 48.1. The van der Waals surface area contributed by atoms with Crippen LogP contribution in [0, 0.1) is 5.92 Å². The monoisotopic (exact) mass is 470 g/mol. The number of nitrogens with zero attached hydrogens (tertiary/aromatic N) is 4. The highest BCUT2D eigenvalue weighted by molar-refractivity contribution is 7.22. The summed E-state index contributed by atoms with van der Waals surface area (Å²) in [5, 5.41) is 6.18. The molecule has 0 saturated carbocycles. The first-order valence-electron chi connectivity index (χ1n) is 10.8. The SMILES string of the molecule is CCOc1ccc(NC(=O)Cn2cnc3nc(N4CCC(C(=O)NC)CC4)sc3c2=O)cc1. The average molecular weight is 471 g/mol. The molecule has 1 aromatic carbocycles. The van der Waals surface area contributed by atoms with E-state index in [1.165, 1.54) is 22.2 Å². The zero-order valence-corrected chi connectivity index (χ0v) is 19.4. The van der Waals surface area contributed by atoms with Gasteiger partial charge < -0.3 is 20.3 Å². The third kappa shape index (κ3) is 5.14. The third-order valence-corrected chi connectivity index (χ3v) is 6.61. The molecule has 1 aliphatic heterocycles. The number of fused-ring (bicyclic) bond motifs is 1. The third-order valence-electron chi connectivity index (χ3n) is 5.52. The Kier molecular flexibility index (Phi) is 6.87. The van der Waals surface area contributed by atoms with Gasteiger partial charge in [-0.05, 0) is 44.0 Å². The Balaban J connectivity index is 1.43. The van der Waals surface area contributed by atoms with Gasteiger partial charge in [-0.15, -0.1) is 0 Å². The highest BCUT2D eigenvalue weighted by Gasteiger charge is 2.26. The van der Waals surface area contributed by atoms with Gasteiger partial charge >= 0.3 is 0 Å². The molecule has 1 fully saturated rings. The molecular formula is C22H26N6O4S. The van der Waals surface area contributed by atoms with Crippen LogP contribution in [0.1, 0.15) is 19.8 Å². The van der Waals surface area contributed by atoms with Crippen molar-refractivity contribution in [2.75, 3.05) is 37.0 Å². The predicted octanol–water partition coefficient (Wildman–Crippen LogP) is 1.85. The van der Waals surface area contributed by atoms with Crippen LogP contribution in [0.25, 0.3) is 10.3 Å². The average Bonchev–Trinajstić information content (AvgIpc) is 3.27. The molecule has 0 atom stereocenters. The molecule has 2 aromatic heterocycles. The lowest BCUT2D eigenvalue weighted by molar-refractivity contribution is -0.125. The van der Waals surface area contributed by atoms with E-state index in [0.29, 0.717) is 40.9 Å². The topological polar surface area (TPSA) is 118 Å². The van der Waals surface area contributed by atoms with Crippen molar-refractivity contribution < 1.29 is 14.3 Å². The molecule has 2 N–H and O–H groups in total. The number of benzene rings is 1. The fraction of sp³-hybridized carbons (Fsp3) is 0.409. The quantitative estimate of drug-likeness (QED) is 0.541. The first-order chi connectivity index (χ1) is 16.0. The molecule has 2 amide bonds. The van der Waals surface area contributed by atoms with E-state index in [1.54, 1.807) is 31.3 Å². The van der Waals surface area contributed by atoms with Gasteiger partial charge in [0.2, 0.25) is 11.8 Å². The Hall–Kier alpha value is -3.47. The largest absolute Gasteiger partial charge is 0.494 e. The van der Waals surface area contributed by atoms with Gasteiger partial charge in [-0.25, -0.2) is 4.98 Å². The summed E-state index contributed by atoms with van der Waals surface area (Å²) in [6.45, 7) is 3.70. The van der Waals surface area contributed by atoms with Crippen molar-refractivity contribution in [2.24, 2.45) is 5.92 Å². The van der Waals surface area contributed by atoms with Crippen LogP contribution >= 0.6 is 11.3 Å². The number of hydrogen-bond acceptors (Lipinski definition) is 8. The predicted molar refractivity (Wildman–Crippen MR) is 127 cm³/mol. The highest BCUT2D eigenvalue weighted by Crippen LogP contribution is 2.29. The minimum atomic E-state index is -0.330. The summed E-state index contributed by atoms with van der Waals surface area (Å²) in [5.41, 5.74) is 0.688. The normalized spacial score (nSPS) is 14.3. The Labute approximate surface area is 194 Å². The number of anilines is 2. The summed E-state index contributed by atoms with van der Waals surface area (Å²) in [6, 6.07) is 7.04. The first-order valence-corrected chi connectivity index (χ1v) is 11.7. The van der Waals surface area contributed by atoms with Crippen LogP contribution in [-0.2, 0) is 16.1 Å². The summed E-state index contributed by atoms with van der Waals surface area (Å²) in [6.07, 6.45) is 2.82. The summed E-state index contributed by atoms with van der Waals surface area (Å²) < 4.78 is 7.09. The van der Waals surface area contributed by atoms with E-state index < -0.39 is 0 Å². The van der Waals surface area contributed by atoms with Crippen LogP contribution in [0.2, 0.25) is 0 Å². The van der Waals surface area contributed by atoms with Crippen LogP contribution in [0.4, 0.5) is 10.8 Å². The van der Waals surface area contributed by atoms with Gasteiger partial charge in [0.25, 0.3) is 5.56 Å². The molecular weight excluding hydrogens is 444 g/mol. The van der Waals surface area contributed by atoms with E-state index in [1.807, 2.05) is 6.92 Å². The van der Waals surface area contributed by atoms with E-state index in [9.17, 15) is 14.4 Å². The molecule has 11 heteroatoms. The van der Waals surface area contributed by atoms with Crippen molar-refractivity contribution in [3.63, 3.8) is 0 Å². The second-order valence-electron chi connectivity index (χ2n) is 7.71. The maximum Gasteiger partial charge on any atom is 0.273 e. The summed E-state index contributed by atoms with van der Waals surface area (Å²) in [5.74, 6) is 0.459. The number of nitrogens with one attached hydrogen (secondary N) is 2. The molecule has 0 bridgehead atoms. The highest BCUT2D eigenvalue weighted by atomic mass is 32.1. The molecule has 0 aliphatic carbocycles. The smallest absolute Gasteiger partial charge is 0.273 e. The lowest BCUT2D eigenvalue weighted by Gasteiger charge is -2.30.